The first kappa shape index (κ1) is 19.8. The number of nitrogens with one attached hydrogen (secondary N) is 2. The van der Waals surface area contributed by atoms with Crippen LogP contribution in [0.25, 0.3) is 16.8 Å². The van der Waals surface area contributed by atoms with Crippen molar-refractivity contribution in [3.05, 3.63) is 59.3 Å². The zero-order valence-electron chi connectivity index (χ0n) is 17.6. The van der Waals surface area contributed by atoms with Crippen molar-refractivity contribution in [3.8, 4) is 11.3 Å². The number of aromatic nitrogens is 4. The third kappa shape index (κ3) is 3.46. The molecule has 8 heteroatoms. The Hall–Kier alpha value is -3.52. The van der Waals surface area contributed by atoms with E-state index >= 15 is 0 Å². The van der Waals surface area contributed by atoms with Gasteiger partial charge in [-0.25, -0.2) is 0 Å². The van der Waals surface area contributed by atoms with Crippen molar-refractivity contribution in [3.63, 3.8) is 0 Å². The van der Waals surface area contributed by atoms with E-state index in [1.54, 1.807) is 50.2 Å². The third-order valence-electron chi connectivity index (χ3n) is 5.16. The summed E-state index contributed by atoms with van der Waals surface area (Å²) < 4.78 is 1.62. The van der Waals surface area contributed by atoms with Crippen LogP contribution in [0, 0.1) is 6.92 Å². The Labute approximate surface area is 174 Å². The second kappa shape index (κ2) is 7.07. The van der Waals surface area contributed by atoms with Crippen LogP contribution in [0.5, 0.6) is 0 Å². The molecule has 0 saturated carbocycles. The maximum Gasteiger partial charge on any atom is 0.258 e. The minimum atomic E-state index is -1.03. The second-order valence-electron chi connectivity index (χ2n) is 7.98. The average molecular weight is 404 g/mol. The molecule has 3 aromatic heterocycles. The van der Waals surface area contributed by atoms with E-state index in [0.717, 1.165) is 22.4 Å². The number of aryl methyl sites for hydroxylation is 2. The van der Waals surface area contributed by atoms with Gasteiger partial charge >= 0.3 is 0 Å². The van der Waals surface area contributed by atoms with Gasteiger partial charge in [-0.1, -0.05) is 0 Å². The molecule has 154 valence electrons. The highest BCUT2D eigenvalue weighted by Crippen LogP contribution is 2.36. The Kier molecular flexibility index (Phi) is 4.66. The summed E-state index contributed by atoms with van der Waals surface area (Å²) in [5.74, 6) is 0.355. The average Bonchev–Trinajstić information content (AvgIpc) is 3.20. The lowest BCUT2D eigenvalue weighted by Gasteiger charge is -2.16. The van der Waals surface area contributed by atoms with Gasteiger partial charge in [0, 0.05) is 42.3 Å². The maximum absolute atomic E-state index is 12.7. The Morgan fingerprint density at radius 2 is 2.00 bits per heavy atom. The van der Waals surface area contributed by atoms with E-state index in [9.17, 15) is 9.90 Å². The minimum absolute atomic E-state index is 0.199. The van der Waals surface area contributed by atoms with Crippen LogP contribution in [-0.2, 0) is 17.4 Å². The summed E-state index contributed by atoms with van der Waals surface area (Å²) in [6.07, 6.45) is 5.18. The lowest BCUT2D eigenvalue weighted by Crippen LogP contribution is -2.19. The highest BCUT2D eigenvalue weighted by molar-refractivity contribution is 6.32. The van der Waals surface area contributed by atoms with Gasteiger partial charge < -0.3 is 15.7 Å². The van der Waals surface area contributed by atoms with Gasteiger partial charge in [-0.05, 0) is 45.4 Å². The van der Waals surface area contributed by atoms with Gasteiger partial charge in [0.2, 0.25) is 0 Å². The molecular formula is C22H24N6O2. The molecule has 4 rings (SSSR count). The summed E-state index contributed by atoms with van der Waals surface area (Å²) in [5.41, 5.74) is 5.00. The number of anilines is 2. The number of aliphatic hydroxyl groups is 1. The lowest BCUT2D eigenvalue weighted by molar-refractivity contribution is -0.110. The Bertz CT molecular complexity index is 1190. The molecule has 0 unspecified atom stereocenters. The van der Waals surface area contributed by atoms with E-state index < -0.39 is 5.60 Å². The molecule has 0 radical (unpaired) electrons. The van der Waals surface area contributed by atoms with Gasteiger partial charge in [-0.15, -0.1) is 0 Å². The normalized spacial score (nSPS) is 15.1. The number of hydrogen-bond donors (Lipinski definition) is 3. The molecule has 3 aromatic rings. The largest absolute Gasteiger partial charge is 0.384 e. The monoisotopic (exact) mass is 404 g/mol. The van der Waals surface area contributed by atoms with Gasteiger partial charge in [0.25, 0.3) is 5.91 Å². The van der Waals surface area contributed by atoms with Crippen molar-refractivity contribution >= 4 is 23.0 Å². The van der Waals surface area contributed by atoms with Crippen molar-refractivity contribution in [2.75, 3.05) is 10.6 Å². The first-order chi connectivity index (χ1) is 14.1. The number of nitrogens with zero attached hydrogens (tertiary/aromatic N) is 4. The number of carbonyl (C=O) groups excluding carboxylic acids is 1. The lowest BCUT2D eigenvalue weighted by atomic mass is 10.0. The number of amides is 1. The summed E-state index contributed by atoms with van der Waals surface area (Å²) in [4.78, 5) is 21.4. The van der Waals surface area contributed by atoms with E-state index in [4.69, 9.17) is 0 Å². The number of pyridine rings is 2. The van der Waals surface area contributed by atoms with Gasteiger partial charge in [0.1, 0.15) is 5.60 Å². The van der Waals surface area contributed by atoms with Gasteiger partial charge in [-0.2, -0.15) is 5.10 Å². The summed E-state index contributed by atoms with van der Waals surface area (Å²) >= 11 is 0. The fourth-order valence-electron chi connectivity index (χ4n) is 3.68. The highest BCUT2D eigenvalue weighted by Gasteiger charge is 2.28. The molecule has 4 heterocycles. The quantitative estimate of drug-likeness (QED) is 0.577. The molecule has 8 nitrogen and oxygen atoms in total. The summed E-state index contributed by atoms with van der Waals surface area (Å²) in [5, 5.41) is 20.8. The predicted molar refractivity (Wildman–Crippen MR) is 116 cm³/mol. The van der Waals surface area contributed by atoms with E-state index in [0.29, 0.717) is 28.5 Å². The standard InChI is InChI=1S/C22H24N6O2/c1-12-6-7-23-10-15(12)16-8-14-17(11-24-16)26-21(29)20(14)13(2)25-19-9-18(22(3,4)30)28(5)27-19/h6-11,30H,1-5H3,(H,25,27)(H,26,29)/b20-13-. The molecule has 0 atom stereocenters. The molecule has 0 aliphatic carbocycles. The SMILES string of the molecule is C/C(Nc1cc(C(C)(C)O)n(C)n1)=C1/C(=O)Nc2cnc(-c3cnccc3C)cc21. The third-order valence-corrected chi connectivity index (χ3v) is 5.16. The van der Waals surface area contributed by atoms with Crippen LogP contribution in [0.1, 0.15) is 37.6 Å². The van der Waals surface area contributed by atoms with Gasteiger partial charge in [-0.3, -0.25) is 19.4 Å². The van der Waals surface area contributed by atoms with Crippen LogP contribution in [0.15, 0.2) is 42.5 Å². The van der Waals surface area contributed by atoms with Crippen molar-refractivity contribution in [2.45, 2.75) is 33.3 Å². The number of fused-ring (bicyclic) bond motifs is 1. The number of allylic oxidation sites excluding steroid dienone is 1. The minimum Gasteiger partial charge on any atom is -0.384 e. The molecule has 0 aromatic carbocycles. The van der Waals surface area contributed by atoms with E-state index in [2.05, 4.69) is 25.7 Å². The van der Waals surface area contributed by atoms with Crippen LogP contribution in [0.4, 0.5) is 11.5 Å². The maximum atomic E-state index is 12.7. The molecule has 1 aliphatic heterocycles. The molecule has 1 amide bonds. The topological polar surface area (TPSA) is 105 Å². The van der Waals surface area contributed by atoms with Crippen LogP contribution in [0.2, 0.25) is 0 Å². The van der Waals surface area contributed by atoms with Gasteiger partial charge in [0.05, 0.1) is 28.8 Å². The smallest absolute Gasteiger partial charge is 0.258 e. The Balaban J connectivity index is 1.74. The summed E-state index contributed by atoms with van der Waals surface area (Å²) in [6, 6.07) is 5.60. The van der Waals surface area contributed by atoms with E-state index in [1.165, 1.54) is 0 Å². The highest BCUT2D eigenvalue weighted by atomic mass is 16.3. The Morgan fingerprint density at radius 3 is 2.67 bits per heavy atom. The zero-order valence-corrected chi connectivity index (χ0v) is 17.6. The van der Waals surface area contributed by atoms with Crippen molar-refractivity contribution in [2.24, 2.45) is 7.05 Å². The number of hydrogen-bond acceptors (Lipinski definition) is 6. The van der Waals surface area contributed by atoms with E-state index in [-0.39, 0.29) is 5.91 Å². The Morgan fingerprint density at radius 1 is 1.23 bits per heavy atom. The van der Waals surface area contributed by atoms with Crippen molar-refractivity contribution in [1.82, 2.24) is 19.7 Å². The molecule has 1 aliphatic rings. The molecule has 30 heavy (non-hydrogen) atoms. The molecule has 0 fully saturated rings. The molecule has 0 bridgehead atoms. The predicted octanol–water partition coefficient (Wildman–Crippen LogP) is 3.21. The van der Waals surface area contributed by atoms with Gasteiger partial charge in [0.15, 0.2) is 5.82 Å². The van der Waals surface area contributed by atoms with Crippen LogP contribution < -0.4 is 10.6 Å². The fraction of sp³-hybridized carbons (Fsp3) is 0.273. The molecule has 3 N–H and O–H groups in total. The van der Waals surface area contributed by atoms with Crippen molar-refractivity contribution < 1.29 is 9.90 Å². The second-order valence-corrected chi connectivity index (χ2v) is 7.98. The molecule has 0 saturated heterocycles. The first-order valence-corrected chi connectivity index (χ1v) is 9.62. The summed E-state index contributed by atoms with van der Waals surface area (Å²) in [7, 11) is 1.77. The van der Waals surface area contributed by atoms with Crippen LogP contribution >= 0.6 is 0 Å². The summed E-state index contributed by atoms with van der Waals surface area (Å²) in [6.45, 7) is 7.24. The number of rotatable bonds is 4. The number of carbonyl (C=O) groups is 1. The molecule has 0 spiro atoms. The van der Waals surface area contributed by atoms with Crippen LogP contribution in [0.3, 0.4) is 0 Å². The van der Waals surface area contributed by atoms with Crippen molar-refractivity contribution in [1.29, 1.82) is 0 Å². The van der Waals surface area contributed by atoms with Crippen LogP contribution in [-0.4, -0.2) is 30.8 Å². The first-order valence-electron chi connectivity index (χ1n) is 9.62. The van der Waals surface area contributed by atoms with E-state index in [1.807, 2.05) is 26.0 Å². The zero-order chi connectivity index (χ0) is 21.6. The fourth-order valence-corrected chi connectivity index (χ4v) is 3.68. The molecular weight excluding hydrogens is 380 g/mol.